The summed E-state index contributed by atoms with van der Waals surface area (Å²) in [5.74, 6) is -0.0778. The van der Waals surface area contributed by atoms with Crippen molar-refractivity contribution in [3.8, 4) is 0 Å². The van der Waals surface area contributed by atoms with Gasteiger partial charge in [-0.3, -0.25) is 0 Å². The normalized spacial score (nSPS) is 28.0. The second kappa shape index (κ2) is 1.95. The molecule has 1 rings (SSSR count). The summed E-state index contributed by atoms with van der Waals surface area (Å²) in [5, 5.41) is 9.44. The molecule has 1 aliphatic rings. The summed E-state index contributed by atoms with van der Waals surface area (Å²) >= 11 is 0. The predicted octanol–water partition coefficient (Wildman–Crippen LogP) is -0.198. The number of hydrogen-bond donors (Lipinski definition) is 1. The third-order valence-electron chi connectivity index (χ3n) is 2.01. The van der Waals surface area contributed by atoms with Gasteiger partial charge in [-0.25, -0.2) is 8.42 Å². The quantitative estimate of drug-likeness (QED) is 0.584. The molecular formula is C6H12O3S. The van der Waals surface area contributed by atoms with E-state index in [-0.39, 0.29) is 17.4 Å². The summed E-state index contributed by atoms with van der Waals surface area (Å²) in [5.41, 5.74) is -0.932. The van der Waals surface area contributed by atoms with Crippen molar-refractivity contribution in [1.29, 1.82) is 0 Å². The van der Waals surface area contributed by atoms with Crippen LogP contribution in [0.15, 0.2) is 0 Å². The van der Waals surface area contributed by atoms with Gasteiger partial charge >= 0.3 is 0 Å². The van der Waals surface area contributed by atoms with E-state index in [1.165, 1.54) is 0 Å². The lowest BCUT2D eigenvalue weighted by atomic mass is 9.94. The van der Waals surface area contributed by atoms with Crippen LogP contribution >= 0.6 is 0 Å². The maximum Gasteiger partial charge on any atom is 0.156 e. The third kappa shape index (κ3) is 1.18. The molecule has 0 radical (unpaired) electrons. The SMILES string of the molecule is CC(C)C1(O)CS(=O)(=O)C1. The van der Waals surface area contributed by atoms with Gasteiger partial charge in [0.2, 0.25) is 0 Å². The van der Waals surface area contributed by atoms with Crippen molar-refractivity contribution >= 4 is 9.84 Å². The van der Waals surface area contributed by atoms with E-state index < -0.39 is 15.4 Å². The van der Waals surface area contributed by atoms with Crippen molar-refractivity contribution in [3.63, 3.8) is 0 Å². The van der Waals surface area contributed by atoms with Crippen molar-refractivity contribution in [2.45, 2.75) is 19.4 Å². The molecule has 0 unspecified atom stereocenters. The van der Waals surface area contributed by atoms with Crippen LogP contribution in [0, 0.1) is 5.92 Å². The van der Waals surface area contributed by atoms with Gasteiger partial charge < -0.3 is 5.11 Å². The smallest absolute Gasteiger partial charge is 0.156 e. The van der Waals surface area contributed by atoms with E-state index in [1.54, 1.807) is 0 Å². The molecule has 0 aromatic heterocycles. The second-order valence-corrected chi connectivity index (χ2v) is 5.36. The number of sulfone groups is 1. The van der Waals surface area contributed by atoms with E-state index in [2.05, 4.69) is 0 Å². The minimum Gasteiger partial charge on any atom is -0.388 e. The highest BCUT2D eigenvalue weighted by Crippen LogP contribution is 2.30. The first kappa shape index (κ1) is 8.01. The van der Waals surface area contributed by atoms with Crippen LogP contribution < -0.4 is 0 Å². The predicted molar refractivity (Wildman–Crippen MR) is 38.4 cm³/mol. The fraction of sp³-hybridized carbons (Fsp3) is 1.00. The molecule has 10 heavy (non-hydrogen) atoms. The Kier molecular flexibility index (Phi) is 1.56. The van der Waals surface area contributed by atoms with Gasteiger partial charge in [0.05, 0.1) is 17.1 Å². The molecule has 0 atom stereocenters. The van der Waals surface area contributed by atoms with Crippen molar-refractivity contribution in [2.75, 3.05) is 11.5 Å². The molecule has 4 heteroatoms. The van der Waals surface area contributed by atoms with Crippen LogP contribution in [0.1, 0.15) is 13.8 Å². The van der Waals surface area contributed by atoms with E-state index in [9.17, 15) is 13.5 Å². The van der Waals surface area contributed by atoms with Crippen molar-refractivity contribution in [3.05, 3.63) is 0 Å². The maximum atomic E-state index is 10.6. The molecule has 3 nitrogen and oxygen atoms in total. The average Bonchev–Trinajstić information content (AvgIpc) is 1.59. The first-order chi connectivity index (χ1) is 4.36. The molecule has 1 heterocycles. The lowest BCUT2D eigenvalue weighted by Crippen LogP contribution is -2.58. The topological polar surface area (TPSA) is 54.4 Å². The minimum atomic E-state index is -2.88. The Balaban J connectivity index is 2.67. The van der Waals surface area contributed by atoms with Crippen molar-refractivity contribution in [1.82, 2.24) is 0 Å². The highest BCUT2D eigenvalue weighted by molar-refractivity contribution is 7.93. The van der Waals surface area contributed by atoms with Gasteiger partial charge in [-0.1, -0.05) is 13.8 Å². The zero-order valence-corrected chi connectivity index (χ0v) is 6.98. The number of hydrogen-bond acceptors (Lipinski definition) is 3. The molecule has 60 valence electrons. The summed E-state index contributed by atoms with van der Waals surface area (Å²) in [6.45, 7) is 3.66. The summed E-state index contributed by atoms with van der Waals surface area (Å²) in [6.07, 6.45) is 0. The van der Waals surface area contributed by atoms with Crippen LogP contribution in [0.2, 0.25) is 0 Å². The summed E-state index contributed by atoms with van der Waals surface area (Å²) in [4.78, 5) is 0. The van der Waals surface area contributed by atoms with Crippen LogP contribution in [0.4, 0.5) is 0 Å². The molecule has 0 saturated carbocycles. The van der Waals surface area contributed by atoms with Gasteiger partial charge in [0.1, 0.15) is 0 Å². The number of rotatable bonds is 1. The van der Waals surface area contributed by atoms with Crippen molar-refractivity contribution < 1.29 is 13.5 Å². The Morgan fingerprint density at radius 2 is 1.80 bits per heavy atom. The Bertz CT molecular complexity index is 215. The summed E-state index contributed by atoms with van der Waals surface area (Å²) in [6, 6.07) is 0. The van der Waals surface area contributed by atoms with Crippen LogP contribution in [0.25, 0.3) is 0 Å². The molecule has 0 aliphatic carbocycles. The minimum absolute atomic E-state index is 0.0380. The molecule has 0 amide bonds. The second-order valence-electron chi connectivity index (χ2n) is 3.29. The van der Waals surface area contributed by atoms with Crippen molar-refractivity contribution in [2.24, 2.45) is 5.92 Å². The monoisotopic (exact) mass is 164 g/mol. The Labute approximate surface area is 61.0 Å². The Hall–Kier alpha value is -0.0900. The highest BCUT2D eigenvalue weighted by Gasteiger charge is 2.48. The maximum absolute atomic E-state index is 10.6. The third-order valence-corrected chi connectivity index (χ3v) is 3.89. The van der Waals surface area contributed by atoms with Gasteiger partial charge in [-0.2, -0.15) is 0 Å². The zero-order valence-electron chi connectivity index (χ0n) is 6.16. The lowest BCUT2D eigenvalue weighted by molar-refractivity contribution is 0.0247. The summed E-state index contributed by atoms with van der Waals surface area (Å²) in [7, 11) is -2.88. The highest BCUT2D eigenvalue weighted by atomic mass is 32.2. The largest absolute Gasteiger partial charge is 0.388 e. The standard InChI is InChI=1S/C6H12O3S/c1-5(2)6(7)3-10(8,9)4-6/h5,7H,3-4H2,1-2H3. The van der Waals surface area contributed by atoms with Crippen LogP contribution in [-0.2, 0) is 9.84 Å². The van der Waals surface area contributed by atoms with Crippen LogP contribution in [0.3, 0.4) is 0 Å². The molecule has 1 N–H and O–H groups in total. The first-order valence-electron chi connectivity index (χ1n) is 3.28. The van der Waals surface area contributed by atoms with E-state index >= 15 is 0 Å². The van der Waals surface area contributed by atoms with Gasteiger partial charge in [0.15, 0.2) is 9.84 Å². The van der Waals surface area contributed by atoms with E-state index in [1.807, 2.05) is 13.8 Å². The Morgan fingerprint density at radius 3 is 1.90 bits per heavy atom. The van der Waals surface area contributed by atoms with Crippen LogP contribution in [-0.4, -0.2) is 30.6 Å². The van der Waals surface area contributed by atoms with E-state index in [4.69, 9.17) is 0 Å². The van der Waals surface area contributed by atoms with E-state index in [0.717, 1.165) is 0 Å². The first-order valence-corrected chi connectivity index (χ1v) is 5.11. The number of aliphatic hydroxyl groups is 1. The van der Waals surface area contributed by atoms with Gasteiger partial charge in [0, 0.05) is 0 Å². The Morgan fingerprint density at radius 1 is 1.40 bits per heavy atom. The zero-order chi connectivity index (χ0) is 7.99. The molecule has 1 aliphatic heterocycles. The lowest BCUT2D eigenvalue weighted by Gasteiger charge is -2.39. The summed E-state index contributed by atoms with van der Waals surface area (Å²) < 4.78 is 21.3. The molecule has 1 fully saturated rings. The van der Waals surface area contributed by atoms with Crippen LogP contribution in [0.5, 0.6) is 0 Å². The van der Waals surface area contributed by atoms with Gasteiger partial charge in [-0.05, 0) is 5.92 Å². The van der Waals surface area contributed by atoms with Gasteiger partial charge in [0.25, 0.3) is 0 Å². The van der Waals surface area contributed by atoms with E-state index in [0.29, 0.717) is 0 Å². The average molecular weight is 164 g/mol. The molecular weight excluding hydrogens is 152 g/mol. The molecule has 1 saturated heterocycles. The fourth-order valence-electron chi connectivity index (χ4n) is 1.05. The molecule has 0 spiro atoms. The molecule has 0 aromatic carbocycles. The molecule has 0 aromatic rings. The fourth-order valence-corrected chi connectivity index (χ4v) is 3.16. The van der Waals surface area contributed by atoms with Gasteiger partial charge in [-0.15, -0.1) is 0 Å². The molecule has 0 bridgehead atoms.